The van der Waals surface area contributed by atoms with Gasteiger partial charge in [0.25, 0.3) is 0 Å². The van der Waals surface area contributed by atoms with E-state index < -0.39 is 0 Å². The minimum absolute atomic E-state index is 0.310. The van der Waals surface area contributed by atoms with Gasteiger partial charge in [-0.25, -0.2) is 0 Å². The minimum atomic E-state index is -0.310. The van der Waals surface area contributed by atoms with E-state index in [0.29, 0.717) is 13.2 Å². The molecule has 19 heavy (non-hydrogen) atoms. The van der Waals surface area contributed by atoms with Crippen molar-refractivity contribution in [3.63, 3.8) is 0 Å². The summed E-state index contributed by atoms with van der Waals surface area (Å²) in [5, 5.41) is 4.31. The Balaban J connectivity index is 2.35. The van der Waals surface area contributed by atoms with Gasteiger partial charge in [-0.15, -0.1) is 0 Å². The molecule has 0 saturated carbocycles. The van der Waals surface area contributed by atoms with Gasteiger partial charge >= 0.3 is 0 Å². The van der Waals surface area contributed by atoms with E-state index in [0.717, 1.165) is 21.4 Å². The van der Waals surface area contributed by atoms with Crippen molar-refractivity contribution in [1.29, 1.82) is 0 Å². The molecule has 0 aliphatic heterocycles. The maximum Gasteiger partial charge on any atom is 0.0911 e. The number of halogens is 1. The van der Waals surface area contributed by atoms with Crippen molar-refractivity contribution < 1.29 is 4.74 Å². The molecule has 0 fully saturated rings. The summed E-state index contributed by atoms with van der Waals surface area (Å²) in [6, 6.07) is 3.60. The first-order valence-electron chi connectivity index (χ1n) is 6.02. The molecular weight excluding hydrogens is 308 g/mol. The number of rotatable bonds is 5. The molecule has 0 aliphatic rings. The first kappa shape index (κ1) is 14.2. The van der Waals surface area contributed by atoms with E-state index in [2.05, 4.69) is 26.0 Å². The summed E-state index contributed by atoms with van der Waals surface area (Å²) >= 11 is 3.50. The van der Waals surface area contributed by atoms with E-state index in [4.69, 9.17) is 10.5 Å². The summed E-state index contributed by atoms with van der Waals surface area (Å²) in [7, 11) is 1.67. The predicted octanol–water partition coefficient (Wildman–Crippen LogP) is 2.04. The Kier molecular flexibility index (Phi) is 4.68. The number of hydrogen-bond donors (Lipinski definition) is 1. The van der Waals surface area contributed by atoms with Gasteiger partial charge in [0.15, 0.2) is 0 Å². The lowest BCUT2D eigenvalue weighted by Gasteiger charge is -2.16. The smallest absolute Gasteiger partial charge is 0.0911 e. The van der Waals surface area contributed by atoms with Crippen LogP contribution in [0, 0.1) is 6.92 Å². The molecule has 2 heterocycles. The van der Waals surface area contributed by atoms with Crippen molar-refractivity contribution in [3.8, 4) is 0 Å². The van der Waals surface area contributed by atoms with Crippen molar-refractivity contribution in [2.45, 2.75) is 19.5 Å². The second-order valence-corrected chi connectivity index (χ2v) is 5.13. The molecule has 6 heteroatoms. The van der Waals surface area contributed by atoms with Crippen LogP contribution in [0.15, 0.2) is 29.0 Å². The van der Waals surface area contributed by atoms with Crippen LogP contribution >= 0.6 is 15.9 Å². The highest BCUT2D eigenvalue weighted by Gasteiger charge is 2.20. The number of nitrogens with zero attached hydrogens (tertiary/aromatic N) is 3. The maximum atomic E-state index is 6.34. The molecule has 2 N–H and O–H groups in total. The van der Waals surface area contributed by atoms with E-state index in [1.54, 1.807) is 19.5 Å². The van der Waals surface area contributed by atoms with Crippen LogP contribution in [0.3, 0.4) is 0 Å². The Labute approximate surface area is 120 Å². The number of pyridine rings is 1. The lowest BCUT2D eigenvalue weighted by Crippen LogP contribution is -2.21. The number of hydrogen-bond acceptors (Lipinski definition) is 4. The Morgan fingerprint density at radius 3 is 3.00 bits per heavy atom. The zero-order valence-electron chi connectivity index (χ0n) is 11.0. The average molecular weight is 325 g/mol. The standard InChI is InChI=1S/C13H17BrN4O/c1-9-4-3-5-16-12(9)11(15)13-10(14)8-17-18(13)6-7-19-2/h3-5,8,11H,6-7,15H2,1-2H3. The quantitative estimate of drug-likeness (QED) is 0.914. The molecule has 0 spiro atoms. The van der Waals surface area contributed by atoms with Crippen LogP contribution in [0.5, 0.6) is 0 Å². The van der Waals surface area contributed by atoms with Crippen LogP contribution in [0.2, 0.25) is 0 Å². The first-order valence-corrected chi connectivity index (χ1v) is 6.81. The van der Waals surface area contributed by atoms with E-state index in [1.165, 1.54) is 0 Å². The highest BCUT2D eigenvalue weighted by Crippen LogP contribution is 2.27. The molecule has 102 valence electrons. The Hall–Kier alpha value is -1.24. The van der Waals surface area contributed by atoms with E-state index in [1.807, 2.05) is 23.7 Å². The van der Waals surface area contributed by atoms with E-state index in [9.17, 15) is 0 Å². The van der Waals surface area contributed by atoms with Crippen molar-refractivity contribution in [2.75, 3.05) is 13.7 Å². The maximum absolute atomic E-state index is 6.34. The molecular formula is C13H17BrN4O. The fourth-order valence-corrected chi connectivity index (χ4v) is 2.53. The van der Waals surface area contributed by atoms with Gasteiger partial charge in [0.2, 0.25) is 0 Å². The van der Waals surface area contributed by atoms with Gasteiger partial charge in [-0.1, -0.05) is 6.07 Å². The van der Waals surface area contributed by atoms with Crippen LogP contribution in [-0.2, 0) is 11.3 Å². The molecule has 0 aromatic carbocycles. The molecule has 0 saturated heterocycles. The predicted molar refractivity (Wildman–Crippen MR) is 76.8 cm³/mol. The van der Waals surface area contributed by atoms with Crippen LogP contribution < -0.4 is 5.73 Å². The monoisotopic (exact) mass is 324 g/mol. The number of aromatic nitrogens is 3. The summed E-state index contributed by atoms with van der Waals surface area (Å²) in [4.78, 5) is 4.38. The van der Waals surface area contributed by atoms with Crippen molar-refractivity contribution in [1.82, 2.24) is 14.8 Å². The fourth-order valence-electron chi connectivity index (χ4n) is 1.99. The number of methoxy groups -OCH3 is 1. The zero-order chi connectivity index (χ0) is 13.8. The van der Waals surface area contributed by atoms with Crippen LogP contribution in [0.4, 0.5) is 0 Å². The second-order valence-electron chi connectivity index (χ2n) is 4.28. The Morgan fingerprint density at radius 1 is 1.53 bits per heavy atom. The summed E-state index contributed by atoms with van der Waals surface area (Å²) < 4.78 is 7.83. The summed E-state index contributed by atoms with van der Waals surface area (Å²) in [6.07, 6.45) is 3.51. The number of aryl methyl sites for hydroxylation is 1. The van der Waals surface area contributed by atoms with Crippen molar-refractivity contribution >= 4 is 15.9 Å². The summed E-state index contributed by atoms with van der Waals surface area (Å²) in [6.45, 7) is 3.26. The van der Waals surface area contributed by atoms with Crippen molar-refractivity contribution in [2.24, 2.45) is 5.73 Å². The van der Waals surface area contributed by atoms with Crippen LogP contribution in [0.25, 0.3) is 0 Å². The van der Waals surface area contributed by atoms with Gasteiger partial charge in [-0.05, 0) is 34.5 Å². The largest absolute Gasteiger partial charge is 0.383 e. The second kappa shape index (κ2) is 6.27. The van der Waals surface area contributed by atoms with Gasteiger partial charge in [-0.2, -0.15) is 5.10 Å². The van der Waals surface area contributed by atoms with Crippen LogP contribution in [-0.4, -0.2) is 28.5 Å². The molecule has 0 amide bonds. The van der Waals surface area contributed by atoms with Gasteiger partial charge in [0.1, 0.15) is 0 Å². The fraction of sp³-hybridized carbons (Fsp3) is 0.385. The molecule has 0 bridgehead atoms. The summed E-state index contributed by atoms with van der Waals surface area (Å²) in [5.41, 5.74) is 9.19. The normalized spacial score (nSPS) is 12.6. The lowest BCUT2D eigenvalue weighted by molar-refractivity contribution is 0.182. The topological polar surface area (TPSA) is 66.0 Å². The third-order valence-electron chi connectivity index (χ3n) is 2.98. The molecule has 2 rings (SSSR count). The van der Waals surface area contributed by atoms with Gasteiger partial charge in [0.05, 0.1) is 41.3 Å². The third kappa shape index (κ3) is 3.02. The zero-order valence-corrected chi connectivity index (χ0v) is 12.6. The molecule has 0 radical (unpaired) electrons. The molecule has 2 aromatic rings. The minimum Gasteiger partial charge on any atom is -0.383 e. The summed E-state index contributed by atoms with van der Waals surface area (Å²) in [5.74, 6) is 0. The first-order chi connectivity index (χ1) is 9.15. The van der Waals surface area contributed by atoms with Gasteiger partial charge in [0, 0.05) is 13.3 Å². The highest BCUT2D eigenvalue weighted by atomic mass is 79.9. The lowest BCUT2D eigenvalue weighted by atomic mass is 10.1. The average Bonchev–Trinajstić information content (AvgIpc) is 2.77. The molecule has 1 atom stereocenters. The van der Waals surface area contributed by atoms with Crippen molar-refractivity contribution in [3.05, 3.63) is 46.0 Å². The highest BCUT2D eigenvalue weighted by molar-refractivity contribution is 9.10. The van der Waals surface area contributed by atoms with E-state index in [-0.39, 0.29) is 6.04 Å². The number of ether oxygens (including phenoxy) is 1. The SMILES string of the molecule is COCCn1ncc(Br)c1C(N)c1ncccc1C. The number of nitrogens with two attached hydrogens (primary N) is 1. The van der Waals surface area contributed by atoms with Gasteiger partial charge in [-0.3, -0.25) is 9.67 Å². The van der Waals surface area contributed by atoms with Crippen LogP contribution in [0.1, 0.15) is 23.0 Å². The third-order valence-corrected chi connectivity index (χ3v) is 3.59. The Bertz CT molecular complexity index is 555. The van der Waals surface area contributed by atoms with Gasteiger partial charge < -0.3 is 10.5 Å². The molecule has 2 aromatic heterocycles. The van der Waals surface area contributed by atoms with E-state index >= 15 is 0 Å². The molecule has 0 aliphatic carbocycles. The Morgan fingerprint density at radius 2 is 2.32 bits per heavy atom. The molecule has 1 unspecified atom stereocenters. The molecule has 5 nitrogen and oxygen atoms in total.